The summed E-state index contributed by atoms with van der Waals surface area (Å²) in [5, 5.41) is 10.6. The first-order valence-corrected chi connectivity index (χ1v) is 38.2. The summed E-state index contributed by atoms with van der Waals surface area (Å²) in [6, 6.07) is 0. The van der Waals surface area contributed by atoms with Gasteiger partial charge in [-0.3, -0.25) is 37.3 Å². The van der Waals surface area contributed by atoms with E-state index in [-0.39, 0.29) is 25.7 Å². The maximum atomic E-state index is 13.0. The summed E-state index contributed by atoms with van der Waals surface area (Å²) in [7, 11) is -9.91. The highest BCUT2D eigenvalue weighted by molar-refractivity contribution is 7.47. The van der Waals surface area contributed by atoms with Crippen molar-refractivity contribution in [2.45, 2.75) is 336 Å². The van der Waals surface area contributed by atoms with Crippen molar-refractivity contribution < 1.29 is 80.2 Å². The molecular weight excluding hydrogens is 1160 g/mol. The normalized spacial score (nSPS) is 14.7. The molecule has 4 unspecified atom stereocenters. The summed E-state index contributed by atoms with van der Waals surface area (Å²) in [5.74, 6) is 0.0313. The first-order chi connectivity index (χ1) is 42.3. The largest absolute Gasteiger partial charge is 0.472 e. The lowest BCUT2D eigenvalue weighted by Gasteiger charge is -2.21. The molecule has 0 bridgehead atoms. The van der Waals surface area contributed by atoms with Gasteiger partial charge in [-0.1, -0.05) is 265 Å². The third-order valence-electron chi connectivity index (χ3n) is 15.6. The van der Waals surface area contributed by atoms with E-state index >= 15 is 0 Å². The van der Waals surface area contributed by atoms with Crippen LogP contribution in [0.4, 0.5) is 0 Å². The minimum Gasteiger partial charge on any atom is -0.462 e. The van der Waals surface area contributed by atoms with E-state index in [1.807, 2.05) is 0 Å². The molecule has 3 N–H and O–H groups in total. The lowest BCUT2D eigenvalue weighted by atomic mass is 9.99. The number of allylic oxidation sites excluding steroid dienone is 4. The second kappa shape index (κ2) is 59.5. The van der Waals surface area contributed by atoms with E-state index in [1.54, 1.807) is 0 Å². The van der Waals surface area contributed by atoms with Crippen molar-refractivity contribution in [2.75, 3.05) is 39.6 Å². The number of phosphoric acid groups is 2. The number of hydrogen-bond acceptors (Lipinski definition) is 15. The van der Waals surface area contributed by atoms with Crippen LogP contribution in [0.15, 0.2) is 24.3 Å². The van der Waals surface area contributed by atoms with Crippen LogP contribution in [0, 0.1) is 17.8 Å². The third-order valence-corrected chi connectivity index (χ3v) is 17.5. The summed E-state index contributed by atoms with van der Waals surface area (Å²) in [6.07, 6.45) is 45.3. The van der Waals surface area contributed by atoms with Crippen molar-refractivity contribution in [1.29, 1.82) is 0 Å². The van der Waals surface area contributed by atoms with Crippen LogP contribution in [-0.2, 0) is 65.4 Å². The zero-order valence-electron chi connectivity index (χ0n) is 56.7. The molecule has 0 radical (unpaired) electrons. The van der Waals surface area contributed by atoms with Crippen molar-refractivity contribution >= 4 is 39.5 Å². The SMILES string of the molecule is CCCCCC/C=C\C=C/CCCCCCCC(=O)O[C@H](COC(=O)CCCCCCCCCCC(C)CC)COP(=O)(O)OCC(O)COP(=O)(O)OC[C@@H](COC(=O)CCCCCCCCCCC(C)C)OC(=O)CCCCCCCCCC(C)C. The van der Waals surface area contributed by atoms with Crippen LogP contribution in [0.1, 0.15) is 318 Å². The maximum Gasteiger partial charge on any atom is 0.472 e. The Labute approximate surface area is 535 Å². The monoisotopic (exact) mass is 1290 g/mol. The second-order valence-corrected chi connectivity index (χ2v) is 28.3. The molecule has 6 atom stereocenters. The van der Waals surface area contributed by atoms with Crippen molar-refractivity contribution in [3.63, 3.8) is 0 Å². The van der Waals surface area contributed by atoms with Gasteiger partial charge < -0.3 is 33.8 Å². The Morgan fingerprint density at radius 1 is 0.375 bits per heavy atom. The Balaban J connectivity index is 5.29. The van der Waals surface area contributed by atoms with Gasteiger partial charge in [0.15, 0.2) is 12.2 Å². The van der Waals surface area contributed by atoms with Gasteiger partial charge in [0.25, 0.3) is 0 Å². The molecule has 0 spiro atoms. The predicted molar refractivity (Wildman–Crippen MR) is 354 cm³/mol. The molecule has 0 heterocycles. The summed E-state index contributed by atoms with van der Waals surface area (Å²) >= 11 is 0. The van der Waals surface area contributed by atoms with Gasteiger partial charge in [0, 0.05) is 25.7 Å². The van der Waals surface area contributed by atoms with E-state index in [1.165, 1.54) is 116 Å². The molecule has 0 saturated heterocycles. The smallest absolute Gasteiger partial charge is 0.462 e. The maximum absolute atomic E-state index is 13.0. The van der Waals surface area contributed by atoms with Crippen LogP contribution < -0.4 is 0 Å². The zero-order valence-corrected chi connectivity index (χ0v) is 58.5. The average Bonchev–Trinajstić information content (AvgIpc) is 3.70. The van der Waals surface area contributed by atoms with Crippen LogP contribution in [0.3, 0.4) is 0 Å². The van der Waals surface area contributed by atoms with Crippen LogP contribution in [-0.4, -0.2) is 96.7 Å². The highest BCUT2D eigenvalue weighted by Gasteiger charge is 2.30. The molecule has 0 aliphatic rings. The van der Waals surface area contributed by atoms with Gasteiger partial charge in [-0.05, 0) is 69.1 Å². The fraction of sp³-hybridized carbons (Fsp3) is 0.884. The lowest BCUT2D eigenvalue weighted by molar-refractivity contribution is -0.161. The zero-order chi connectivity index (χ0) is 65.2. The molecule has 88 heavy (non-hydrogen) atoms. The molecule has 0 saturated carbocycles. The number of esters is 4. The molecule has 0 aromatic carbocycles. The van der Waals surface area contributed by atoms with E-state index in [9.17, 15) is 43.2 Å². The quantitative estimate of drug-likeness (QED) is 0.0169. The summed E-state index contributed by atoms with van der Waals surface area (Å²) in [5.41, 5.74) is 0. The number of hydrogen-bond donors (Lipinski definition) is 3. The first-order valence-electron chi connectivity index (χ1n) is 35.2. The highest BCUT2D eigenvalue weighted by atomic mass is 31.2. The van der Waals surface area contributed by atoms with Gasteiger partial charge in [0.2, 0.25) is 0 Å². The van der Waals surface area contributed by atoms with Gasteiger partial charge in [-0.15, -0.1) is 0 Å². The van der Waals surface area contributed by atoms with Crippen LogP contribution in [0.5, 0.6) is 0 Å². The first kappa shape index (κ1) is 85.5. The Hall–Kier alpha value is -2.46. The average molecular weight is 1290 g/mol. The second-order valence-electron chi connectivity index (χ2n) is 25.4. The Kier molecular flexibility index (Phi) is 57.9. The number of carbonyl (C=O) groups is 4. The Bertz CT molecular complexity index is 1830. The molecule has 0 aliphatic heterocycles. The molecule has 0 amide bonds. The fourth-order valence-electron chi connectivity index (χ4n) is 9.79. The highest BCUT2D eigenvalue weighted by Crippen LogP contribution is 2.45. The Morgan fingerprint density at radius 2 is 0.670 bits per heavy atom. The van der Waals surface area contributed by atoms with Crippen molar-refractivity contribution in [3.8, 4) is 0 Å². The van der Waals surface area contributed by atoms with Gasteiger partial charge >= 0.3 is 39.5 Å². The summed E-state index contributed by atoms with van der Waals surface area (Å²) < 4.78 is 68.2. The molecule has 19 heteroatoms. The predicted octanol–water partition coefficient (Wildman–Crippen LogP) is 19.0. The molecule has 17 nitrogen and oxygen atoms in total. The lowest BCUT2D eigenvalue weighted by Crippen LogP contribution is -2.30. The standard InChI is InChI=1S/C69H130O17P2/c1-8-10-11-12-13-14-15-16-17-18-19-20-31-38-45-52-68(73)85-64(56-80-67(72)51-44-37-30-24-22-28-35-42-49-62(7)9-2)58-83-87(75,76)81-54-63(70)55-82-88(77,78)84-59-65(86-69(74)53-46-39-32-25-27-34-41-48-61(5)6)57-79-66(71)50-43-36-29-23-21-26-33-40-47-60(3)4/h14-17,60-65,70H,8-13,18-59H2,1-7H3,(H,75,76)(H,77,78)/b15-14-,17-16-/t62?,63?,64-,65-/m1/s1. The minimum absolute atomic E-state index is 0.0839. The molecular formula is C69H130O17P2. The number of unbranched alkanes of at least 4 members (excludes halogenated alkanes) is 29. The van der Waals surface area contributed by atoms with Gasteiger partial charge in [0.1, 0.15) is 19.3 Å². The van der Waals surface area contributed by atoms with Crippen LogP contribution in [0.25, 0.3) is 0 Å². The number of carbonyl (C=O) groups excluding carboxylic acids is 4. The topological polar surface area (TPSA) is 237 Å². The fourth-order valence-corrected chi connectivity index (χ4v) is 11.4. The molecule has 0 aromatic rings. The van der Waals surface area contributed by atoms with Crippen molar-refractivity contribution in [2.24, 2.45) is 17.8 Å². The number of rotatable bonds is 65. The molecule has 0 aromatic heterocycles. The molecule has 0 rings (SSSR count). The summed E-state index contributed by atoms with van der Waals surface area (Å²) in [4.78, 5) is 72.4. The Morgan fingerprint density at radius 3 is 1.01 bits per heavy atom. The number of aliphatic hydroxyl groups is 1. The van der Waals surface area contributed by atoms with E-state index < -0.39 is 97.5 Å². The molecule has 518 valence electrons. The van der Waals surface area contributed by atoms with E-state index in [4.69, 9.17) is 37.0 Å². The number of aliphatic hydroxyl groups excluding tert-OH is 1. The van der Waals surface area contributed by atoms with Crippen molar-refractivity contribution in [3.05, 3.63) is 24.3 Å². The van der Waals surface area contributed by atoms with E-state index in [0.717, 1.165) is 115 Å². The number of phosphoric ester groups is 2. The molecule has 0 aliphatic carbocycles. The van der Waals surface area contributed by atoms with Gasteiger partial charge in [-0.25, -0.2) is 9.13 Å². The van der Waals surface area contributed by atoms with Gasteiger partial charge in [0.05, 0.1) is 26.4 Å². The molecule has 0 fully saturated rings. The minimum atomic E-state index is -4.96. The van der Waals surface area contributed by atoms with Crippen LogP contribution >= 0.6 is 15.6 Å². The summed E-state index contributed by atoms with van der Waals surface area (Å²) in [6.45, 7) is 11.7. The van der Waals surface area contributed by atoms with Crippen LogP contribution in [0.2, 0.25) is 0 Å². The number of ether oxygens (including phenoxy) is 4. The van der Waals surface area contributed by atoms with Gasteiger partial charge in [-0.2, -0.15) is 0 Å². The van der Waals surface area contributed by atoms with E-state index in [2.05, 4.69) is 72.8 Å². The van der Waals surface area contributed by atoms with E-state index in [0.29, 0.717) is 31.6 Å². The third kappa shape index (κ3) is 61.1. The van der Waals surface area contributed by atoms with Crippen molar-refractivity contribution in [1.82, 2.24) is 0 Å².